The van der Waals surface area contributed by atoms with Crippen molar-refractivity contribution in [3.05, 3.63) is 93.2 Å². The number of aryl methyl sites for hydroxylation is 1. The van der Waals surface area contributed by atoms with E-state index in [4.69, 9.17) is 43.4 Å². The highest BCUT2D eigenvalue weighted by atomic mass is 35.5. The monoisotopic (exact) mass is 710 g/mol. The molecule has 0 aliphatic heterocycles. The zero-order valence-electron chi connectivity index (χ0n) is 28.7. The summed E-state index contributed by atoms with van der Waals surface area (Å²) in [5.41, 5.74) is 9.29. The summed E-state index contributed by atoms with van der Waals surface area (Å²) in [6.45, 7) is 9.33. The molecule has 0 aliphatic rings. The van der Waals surface area contributed by atoms with Gasteiger partial charge in [-0.2, -0.15) is 0 Å². The van der Waals surface area contributed by atoms with Crippen molar-refractivity contribution in [3.63, 3.8) is 0 Å². The molecule has 0 atom stereocenters. The fourth-order valence-corrected chi connectivity index (χ4v) is 6.75. The summed E-state index contributed by atoms with van der Waals surface area (Å²) in [4.78, 5) is 32.0. The van der Waals surface area contributed by atoms with E-state index in [9.17, 15) is 9.59 Å². The molecule has 6 rings (SSSR count). The van der Waals surface area contributed by atoms with E-state index in [0.29, 0.717) is 52.5 Å². The van der Waals surface area contributed by atoms with Gasteiger partial charge in [0.25, 0.3) is 0 Å². The Morgan fingerprint density at radius 3 is 1.82 bits per heavy atom. The van der Waals surface area contributed by atoms with Crippen molar-refractivity contribution in [3.8, 4) is 33.9 Å². The molecule has 10 nitrogen and oxygen atoms in total. The van der Waals surface area contributed by atoms with E-state index in [1.54, 1.807) is 16.0 Å². The van der Waals surface area contributed by atoms with Crippen LogP contribution in [0.25, 0.3) is 45.2 Å². The van der Waals surface area contributed by atoms with Gasteiger partial charge in [0, 0.05) is 50.0 Å². The second-order valence-corrected chi connectivity index (χ2v) is 13.5. The Balaban J connectivity index is 1.25. The quantitative estimate of drug-likeness (QED) is 0.112. The minimum Gasteiger partial charge on any atom is -0.356 e. The number of Topliss-reactive ketones (excluding diaryl/α,β-unsaturated/α-hetero) is 1. The Bertz CT molecular complexity index is 2050. The minimum absolute atomic E-state index is 0.0148. The number of nitrogens with one attached hydrogen (secondary N) is 2. The highest BCUT2D eigenvalue weighted by Gasteiger charge is 2.19. The van der Waals surface area contributed by atoms with Gasteiger partial charge in [0.05, 0.1) is 10.0 Å². The molecule has 1 amide bonds. The van der Waals surface area contributed by atoms with Crippen LogP contribution in [-0.2, 0) is 22.6 Å². The van der Waals surface area contributed by atoms with Gasteiger partial charge >= 0.3 is 0 Å². The Kier molecular flexibility index (Phi) is 10.9. The molecule has 2 N–H and O–H groups in total. The molecule has 2 aromatic carbocycles. The molecule has 50 heavy (non-hydrogen) atoms. The molecule has 0 fully saturated rings. The topological polar surface area (TPSA) is 119 Å². The van der Waals surface area contributed by atoms with Crippen molar-refractivity contribution in [2.45, 2.75) is 66.3 Å². The molecule has 4 heterocycles. The van der Waals surface area contributed by atoms with Gasteiger partial charge in [0.15, 0.2) is 22.9 Å². The molecule has 0 aliphatic carbocycles. The highest BCUT2D eigenvalue weighted by molar-refractivity contribution is 6.33. The number of fused-ring (bicyclic) bond motifs is 2. The molecule has 0 saturated heterocycles. The third kappa shape index (κ3) is 7.88. The number of amides is 1. The van der Waals surface area contributed by atoms with E-state index < -0.39 is 0 Å². The number of carbonyl (C=O) groups is 2. The SMILES string of the molecule is CC(=O)CCCNCc1cc(Cl)c2nc(-c3cccc(-c4cccc(-c5nc6c(Cl)cc(CCCCNC(C)=O)cn6n5)c4C)c3C)nn2c1. The molecule has 258 valence electrons. The number of carbonyl (C=O) groups excluding carboxylic acids is 2. The number of hydrogen-bond donors (Lipinski definition) is 2. The average molecular weight is 712 g/mol. The van der Waals surface area contributed by atoms with E-state index in [1.165, 1.54) is 6.92 Å². The average Bonchev–Trinajstić information content (AvgIpc) is 3.70. The third-order valence-corrected chi connectivity index (χ3v) is 9.36. The summed E-state index contributed by atoms with van der Waals surface area (Å²) >= 11 is 13.4. The molecule has 0 radical (unpaired) electrons. The normalized spacial score (nSPS) is 11.5. The molecular formula is C38H40Cl2N8O2. The van der Waals surface area contributed by atoms with Crippen LogP contribution in [0.2, 0.25) is 10.0 Å². The predicted octanol–water partition coefficient (Wildman–Crippen LogP) is 7.61. The first-order chi connectivity index (χ1) is 24.1. The Hall–Kier alpha value is -4.64. The summed E-state index contributed by atoms with van der Waals surface area (Å²) in [5, 5.41) is 17.0. The maximum absolute atomic E-state index is 11.2. The Labute approximate surface area is 301 Å². The van der Waals surface area contributed by atoms with Gasteiger partial charge < -0.3 is 15.4 Å². The van der Waals surface area contributed by atoms with Crippen LogP contribution in [0.4, 0.5) is 0 Å². The van der Waals surface area contributed by atoms with E-state index in [1.807, 2.05) is 48.8 Å². The van der Waals surface area contributed by atoms with Crippen LogP contribution < -0.4 is 10.6 Å². The first kappa shape index (κ1) is 35.2. The third-order valence-electron chi connectivity index (χ3n) is 8.81. The largest absolute Gasteiger partial charge is 0.356 e. The molecule has 0 saturated carbocycles. The number of rotatable bonds is 14. The first-order valence-corrected chi connectivity index (χ1v) is 17.6. The zero-order valence-corrected chi connectivity index (χ0v) is 30.2. The van der Waals surface area contributed by atoms with Crippen LogP contribution in [0, 0.1) is 13.8 Å². The van der Waals surface area contributed by atoms with Gasteiger partial charge in [-0.25, -0.2) is 19.0 Å². The van der Waals surface area contributed by atoms with Crippen molar-refractivity contribution in [1.29, 1.82) is 0 Å². The number of pyridine rings is 2. The summed E-state index contributed by atoms with van der Waals surface area (Å²) < 4.78 is 3.49. The number of hydrogen-bond acceptors (Lipinski definition) is 7. The fraction of sp³-hybridized carbons (Fsp3) is 0.316. The summed E-state index contributed by atoms with van der Waals surface area (Å²) in [7, 11) is 0. The maximum atomic E-state index is 11.2. The minimum atomic E-state index is -0.0148. The van der Waals surface area contributed by atoms with Gasteiger partial charge in [0.2, 0.25) is 5.91 Å². The lowest BCUT2D eigenvalue weighted by molar-refractivity contribution is -0.119. The molecule has 6 aromatic rings. The van der Waals surface area contributed by atoms with Crippen molar-refractivity contribution in [2.24, 2.45) is 0 Å². The van der Waals surface area contributed by atoms with Crippen molar-refractivity contribution in [1.82, 2.24) is 39.8 Å². The fourth-order valence-electron chi connectivity index (χ4n) is 6.21. The lowest BCUT2D eigenvalue weighted by Gasteiger charge is -2.14. The number of ketones is 1. The number of unbranched alkanes of at least 4 members (excludes halogenated alkanes) is 1. The van der Waals surface area contributed by atoms with Gasteiger partial charge in [-0.05, 0) is 98.5 Å². The van der Waals surface area contributed by atoms with Crippen molar-refractivity contribution >= 4 is 46.2 Å². The van der Waals surface area contributed by atoms with Crippen molar-refractivity contribution in [2.75, 3.05) is 13.1 Å². The molecule has 0 unspecified atom stereocenters. The van der Waals surface area contributed by atoms with Gasteiger partial charge in [-0.1, -0.05) is 59.6 Å². The van der Waals surface area contributed by atoms with Crippen LogP contribution in [0.5, 0.6) is 0 Å². The highest BCUT2D eigenvalue weighted by Crippen LogP contribution is 2.36. The van der Waals surface area contributed by atoms with E-state index in [2.05, 4.69) is 36.6 Å². The first-order valence-electron chi connectivity index (χ1n) is 16.8. The van der Waals surface area contributed by atoms with Crippen molar-refractivity contribution < 1.29 is 9.59 Å². The molecule has 0 spiro atoms. The number of aromatic nitrogens is 6. The zero-order chi connectivity index (χ0) is 35.4. The molecular weight excluding hydrogens is 671 g/mol. The summed E-state index contributed by atoms with van der Waals surface area (Å²) in [6, 6.07) is 16.2. The Morgan fingerprint density at radius 2 is 1.26 bits per heavy atom. The predicted molar refractivity (Wildman–Crippen MR) is 199 cm³/mol. The Morgan fingerprint density at radius 1 is 0.720 bits per heavy atom. The van der Waals surface area contributed by atoms with Gasteiger partial charge in [-0.3, -0.25) is 4.79 Å². The standard InChI is InChI=1S/C38H40Cl2N8O2/c1-23(49)10-9-16-41-20-28-19-34(40)38-44-36(46-48(38)22-28)32-15-8-13-30(25(32)3)29-12-7-14-31(24(29)2)35-43-37-33(39)18-27(21-47(37)45-35)11-5-6-17-42-26(4)50/h7-8,12-15,18-19,21-22,41H,5-6,9-11,16-17,20H2,1-4H3,(H,42,50). The smallest absolute Gasteiger partial charge is 0.216 e. The van der Waals surface area contributed by atoms with Crippen LogP contribution in [0.15, 0.2) is 60.9 Å². The second-order valence-electron chi connectivity index (χ2n) is 12.7. The summed E-state index contributed by atoms with van der Waals surface area (Å²) in [5.74, 6) is 1.37. The van der Waals surface area contributed by atoms with E-state index >= 15 is 0 Å². The van der Waals surface area contributed by atoms with E-state index in [-0.39, 0.29) is 11.7 Å². The summed E-state index contributed by atoms with van der Waals surface area (Å²) in [6.07, 6.45) is 7.91. The van der Waals surface area contributed by atoms with Crippen LogP contribution in [0.3, 0.4) is 0 Å². The molecule has 0 bridgehead atoms. The maximum Gasteiger partial charge on any atom is 0.216 e. The number of nitrogens with zero attached hydrogens (tertiary/aromatic N) is 6. The van der Waals surface area contributed by atoms with E-state index in [0.717, 1.165) is 76.7 Å². The molecule has 4 aromatic heterocycles. The number of halogens is 2. The van der Waals surface area contributed by atoms with Crippen LogP contribution in [-0.4, -0.2) is 54.0 Å². The number of benzene rings is 2. The lowest BCUT2D eigenvalue weighted by Crippen LogP contribution is -2.20. The second kappa shape index (κ2) is 15.5. The van der Waals surface area contributed by atoms with Gasteiger partial charge in [0.1, 0.15) is 5.78 Å². The van der Waals surface area contributed by atoms with Crippen LogP contribution in [0.1, 0.15) is 61.8 Å². The molecule has 12 heteroatoms. The van der Waals surface area contributed by atoms with Gasteiger partial charge in [-0.15, -0.1) is 10.2 Å². The van der Waals surface area contributed by atoms with Crippen LogP contribution >= 0.6 is 23.2 Å². The lowest BCUT2D eigenvalue weighted by atomic mass is 9.91.